The van der Waals surface area contributed by atoms with E-state index in [1.165, 1.54) is 19.3 Å². The van der Waals surface area contributed by atoms with Crippen LogP contribution in [0.2, 0.25) is 0 Å². The monoisotopic (exact) mass is 326 g/mol. The summed E-state index contributed by atoms with van der Waals surface area (Å²) in [4.78, 5) is 10.9. The summed E-state index contributed by atoms with van der Waals surface area (Å²) in [6.07, 6.45) is 17.7. The van der Waals surface area contributed by atoms with Gasteiger partial charge in [0.1, 0.15) is 0 Å². The molecule has 2 atom stereocenters. The minimum atomic E-state index is -0.654. The normalized spacial score (nSPS) is 14.2. The predicted octanol–water partition coefficient (Wildman–Crippen LogP) is 5.72. The molecule has 0 heterocycles. The molecule has 0 saturated heterocycles. The molecule has 23 heavy (non-hydrogen) atoms. The molecule has 0 bridgehead atoms. The number of aliphatic hydroxyl groups is 1. The van der Waals surface area contributed by atoms with Gasteiger partial charge >= 0.3 is 5.97 Å². The van der Waals surface area contributed by atoms with E-state index in [4.69, 9.17) is 5.11 Å². The molecule has 3 nitrogen and oxygen atoms in total. The highest BCUT2D eigenvalue weighted by Gasteiger charge is 2.13. The molecule has 0 saturated carbocycles. The number of aliphatic hydroxyl groups excluding tert-OH is 1. The van der Waals surface area contributed by atoms with Gasteiger partial charge in [-0.15, -0.1) is 0 Å². The van der Waals surface area contributed by atoms with Crippen LogP contribution < -0.4 is 0 Å². The van der Waals surface area contributed by atoms with Crippen LogP contribution in [0.5, 0.6) is 0 Å². The van der Waals surface area contributed by atoms with Crippen molar-refractivity contribution in [3.8, 4) is 0 Å². The van der Waals surface area contributed by atoms with Crippen LogP contribution in [0.1, 0.15) is 97.3 Å². The lowest BCUT2D eigenvalue weighted by Crippen LogP contribution is -2.12. The van der Waals surface area contributed by atoms with Crippen LogP contribution in [0.25, 0.3) is 0 Å². The van der Waals surface area contributed by atoms with Gasteiger partial charge in [-0.25, -0.2) is 0 Å². The second kappa shape index (κ2) is 16.0. The highest BCUT2D eigenvalue weighted by Crippen LogP contribution is 2.16. The Kier molecular flexibility index (Phi) is 15.5. The maximum atomic E-state index is 10.9. The fourth-order valence-corrected chi connectivity index (χ4v) is 2.80. The van der Waals surface area contributed by atoms with E-state index in [1.807, 2.05) is 6.92 Å². The summed E-state index contributed by atoms with van der Waals surface area (Å²) in [6, 6.07) is 0. The molecule has 0 aromatic heterocycles. The van der Waals surface area contributed by atoms with Crippen molar-refractivity contribution in [2.75, 3.05) is 0 Å². The largest absolute Gasteiger partial charge is 0.481 e. The molecule has 0 amide bonds. The first-order valence-corrected chi connectivity index (χ1v) is 9.67. The molecule has 0 aliphatic rings. The number of carboxylic acids is 1. The molecule has 2 unspecified atom stereocenters. The van der Waals surface area contributed by atoms with E-state index in [2.05, 4.69) is 19.1 Å². The molecule has 136 valence electrons. The Morgan fingerprint density at radius 2 is 1.57 bits per heavy atom. The Hall–Kier alpha value is -0.830. The fraction of sp³-hybridized carbons (Fsp3) is 0.850. The number of carboxylic acid groups (broad SMARTS) is 1. The molecular formula is C20H38O3. The first-order valence-electron chi connectivity index (χ1n) is 9.67. The van der Waals surface area contributed by atoms with Crippen LogP contribution in [0.15, 0.2) is 12.2 Å². The molecule has 0 spiro atoms. The van der Waals surface area contributed by atoms with E-state index in [0.29, 0.717) is 0 Å². The summed E-state index contributed by atoms with van der Waals surface area (Å²) in [5.74, 6) is -0.820. The molecular weight excluding hydrogens is 288 g/mol. The Balaban J connectivity index is 3.41. The van der Waals surface area contributed by atoms with Gasteiger partial charge in [-0.3, -0.25) is 4.79 Å². The average molecular weight is 327 g/mol. The lowest BCUT2D eigenvalue weighted by Gasteiger charge is -2.09. The first kappa shape index (κ1) is 22.2. The van der Waals surface area contributed by atoms with E-state index >= 15 is 0 Å². The topological polar surface area (TPSA) is 57.5 Å². The lowest BCUT2D eigenvalue weighted by molar-refractivity contribution is -0.142. The second-order valence-electron chi connectivity index (χ2n) is 6.65. The summed E-state index contributed by atoms with van der Waals surface area (Å²) in [5, 5.41) is 18.9. The van der Waals surface area contributed by atoms with Gasteiger partial charge in [0.2, 0.25) is 0 Å². The van der Waals surface area contributed by atoms with Gasteiger partial charge in [0.25, 0.3) is 0 Å². The Morgan fingerprint density at radius 3 is 2.17 bits per heavy atom. The van der Waals surface area contributed by atoms with Crippen molar-refractivity contribution in [2.24, 2.45) is 5.92 Å². The lowest BCUT2D eigenvalue weighted by atomic mass is 9.98. The number of rotatable bonds is 16. The number of hydrogen-bond donors (Lipinski definition) is 2. The predicted molar refractivity (Wildman–Crippen MR) is 97.6 cm³/mol. The molecule has 0 aliphatic carbocycles. The van der Waals surface area contributed by atoms with Crippen LogP contribution in [0, 0.1) is 5.92 Å². The zero-order valence-corrected chi connectivity index (χ0v) is 15.3. The highest BCUT2D eigenvalue weighted by atomic mass is 16.4. The maximum absolute atomic E-state index is 10.9. The van der Waals surface area contributed by atoms with Gasteiger partial charge in [0.15, 0.2) is 0 Å². The van der Waals surface area contributed by atoms with E-state index in [-0.39, 0.29) is 12.0 Å². The fourth-order valence-electron chi connectivity index (χ4n) is 2.80. The number of unbranched alkanes of at least 4 members (excludes halogenated alkanes) is 7. The van der Waals surface area contributed by atoms with E-state index in [0.717, 1.165) is 64.2 Å². The van der Waals surface area contributed by atoms with Crippen molar-refractivity contribution in [3.63, 3.8) is 0 Å². The van der Waals surface area contributed by atoms with Crippen LogP contribution in [0.3, 0.4) is 0 Å². The Bertz CT molecular complexity index is 299. The van der Waals surface area contributed by atoms with E-state index in [9.17, 15) is 9.90 Å². The summed E-state index contributed by atoms with van der Waals surface area (Å²) >= 11 is 0. The van der Waals surface area contributed by atoms with Crippen molar-refractivity contribution in [3.05, 3.63) is 12.2 Å². The van der Waals surface area contributed by atoms with Crippen LogP contribution >= 0.6 is 0 Å². The SMILES string of the molecule is CCCCC/C=C\CC(O)CCCCCCCC(CC)C(=O)O. The third-order valence-corrected chi connectivity index (χ3v) is 4.48. The number of carbonyl (C=O) groups is 1. The molecule has 0 rings (SSSR count). The molecule has 0 fully saturated rings. The van der Waals surface area contributed by atoms with Crippen LogP contribution in [-0.4, -0.2) is 22.3 Å². The number of allylic oxidation sites excluding steroid dienone is 1. The minimum absolute atomic E-state index is 0.166. The van der Waals surface area contributed by atoms with Gasteiger partial charge in [-0.05, 0) is 38.5 Å². The van der Waals surface area contributed by atoms with Gasteiger partial charge < -0.3 is 10.2 Å². The zero-order valence-electron chi connectivity index (χ0n) is 15.3. The zero-order chi connectivity index (χ0) is 17.3. The molecule has 0 aromatic carbocycles. The third-order valence-electron chi connectivity index (χ3n) is 4.48. The van der Waals surface area contributed by atoms with Crippen molar-refractivity contribution < 1.29 is 15.0 Å². The van der Waals surface area contributed by atoms with Gasteiger partial charge in [0, 0.05) is 0 Å². The van der Waals surface area contributed by atoms with E-state index < -0.39 is 5.97 Å². The second-order valence-corrected chi connectivity index (χ2v) is 6.65. The van der Waals surface area contributed by atoms with E-state index in [1.54, 1.807) is 0 Å². The summed E-state index contributed by atoms with van der Waals surface area (Å²) < 4.78 is 0. The molecule has 0 aromatic rings. The highest BCUT2D eigenvalue weighted by molar-refractivity contribution is 5.69. The molecule has 3 heteroatoms. The Morgan fingerprint density at radius 1 is 0.913 bits per heavy atom. The Labute approximate surface area is 143 Å². The van der Waals surface area contributed by atoms with Crippen molar-refractivity contribution in [1.82, 2.24) is 0 Å². The van der Waals surface area contributed by atoms with Crippen molar-refractivity contribution in [2.45, 2.75) is 103 Å². The minimum Gasteiger partial charge on any atom is -0.481 e. The van der Waals surface area contributed by atoms with Crippen molar-refractivity contribution >= 4 is 5.97 Å². The summed E-state index contributed by atoms with van der Waals surface area (Å²) in [7, 11) is 0. The van der Waals surface area contributed by atoms with Gasteiger partial charge in [-0.2, -0.15) is 0 Å². The number of aliphatic carboxylic acids is 1. The molecule has 0 aliphatic heterocycles. The third kappa shape index (κ3) is 14.5. The van der Waals surface area contributed by atoms with Gasteiger partial charge in [0.05, 0.1) is 12.0 Å². The smallest absolute Gasteiger partial charge is 0.306 e. The van der Waals surface area contributed by atoms with Crippen LogP contribution in [-0.2, 0) is 4.79 Å². The standard InChI is InChI=1S/C20H38O3/c1-3-5-6-7-10-13-16-19(21)17-14-11-8-9-12-15-18(4-2)20(22)23/h10,13,18-19,21H,3-9,11-12,14-17H2,1-2H3,(H,22,23)/b13-10-. The van der Waals surface area contributed by atoms with Crippen LogP contribution in [0.4, 0.5) is 0 Å². The molecule has 0 radical (unpaired) electrons. The first-order chi connectivity index (χ1) is 11.1. The average Bonchev–Trinajstić information content (AvgIpc) is 2.53. The van der Waals surface area contributed by atoms with Gasteiger partial charge in [-0.1, -0.05) is 70.9 Å². The molecule has 2 N–H and O–H groups in total. The quantitative estimate of drug-likeness (QED) is 0.282. The number of hydrogen-bond acceptors (Lipinski definition) is 2. The maximum Gasteiger partial charge on any atom is 0.306 e. The summed E-state index contributed by atoms with van der Waals surface area (Å²) in [5.41, 5.74) is 0. The summed E-state index contributed by atoms with van der Waals surface area (Å²) in [6.45, 7) is 4.15. The van der Waals surface area contributed by atoms with Crippen molar-refractivity contribution in [1.29, 1.82) is 0 Å².